The van der Waals surface area contributed by atoms with Gasteiger partial charge in [-0.05, 0) is 26.9 Å². The van der Waals surface area contributed by atoms with E-state index in [1.165, 1.54) is 12.1 Å². The summed E-state index contributed by atoms with van der Waals surface area (Å²) in [5, 5.41) is 0. The van der Waals surface area contributed by atoms with E-state index in [1.54, 1.807) is 0 Å². The van der Waals surface area contributed by atoms with Crippen LogP contribution in [0.15, 0.2) is 4.99 Å². The Hall–Kier alpha value is -0.370. The zero-order valence-corrected chi connectivity index (χ0v) is 7.52. The van der Waals surface area contributed by atoms with E-state index in [0.29, 0.717) is 0 Å². The molecule has 0 spiro atoms. The molecule has 0 aliphatic carbocycles. The third-order valence-corrected chi connectivity index (χ3v) is 1.49. The van der Waals surface area contributed by atoms with Gasteiger partial charge in [0, 0.05) is 19.3 Å². The molecule has 0 aliphatic heterocycles. The molecule has 0 aromatic heterocycles. The van der Waals surface area contributed by atoms with Crippen LogP contribution in [-0.4, -0.2) is 37.8 Å². The van der Waals surface area contributed by atoms with Crippen molar-refractivity contribution in [2.45, 2.75) is 20.3 Å². The van der Waals surface area contributed by atoms with Crippen molar-refractivity contribution in [2.24, 2.45) is 4.99 Å². The van der Waals surface area contributed by atoms with Gasteiger partial charge in [-0.25, -0.2) is 0 Å². The van der Waals surface area contributed by atoms with Crippen LogP contribution in [0.1, 0.15) is 20.3 Å². The van der Waals surface area contributed by atoms with Crippen molar-refractivity contribution in [2.75, 3.05) is 27.2 Å². The maximum absolute atomic E-state index is 4.09. The lowest BCUT2D eigenvalue weighted by Crippen LogP contribution is -2.25. The molecule has 0 saturated carbocycles. The normalized spacial score (nSPS) is 12.7. The first kappa shape index (κ1) is 9.63. The van der Waals surface area contributed by atoms with Gasteiger partial charge in [0.15, 0.2) is 0 Å². The van der Waals surface area contributed by atoms with Gasteiger partial charge >= 0.3 is 0 Å². The van der Waals surface area contributed by atoms with Gasteiger partial charge in [0.25, 0.3) is 0 Å². The molecule has 2 heteroatoms. The third kappa shape index (κ3) is 4.50. The molecule has 10 heavy (non-hydrogen) atoms. The summed E-state index contributed by atoms with van der Waals surface area (Å²) in [7, 11) is 3.97. The number of hydrogen-bond acceptors (Lipinski definition) is 2. The van der Waals surface area contributed by atoms with E-state index in [-0.39, 0.29) is 0 Å². The van der Waals surface area contributed by atoms with Gasteiger partial charge < -0.3 is 4.90 Å². The predicted molar refractivity (Wildman–Crippen MR) is 46.8 cm³/mol. The summed E-state index contributed by atoms with van der Waals surface area (Å²) in [5.74, 6) is 0. The lowest BCUT2D eigenvalue weighted by atomic mass is 10.3. The van der Waals surface area contributed by atoms with Crippen LogP contribution < -0.4 is 0 Å². The van der Waals surface area contributed by atoms with Crippen molar-refractivity contribution >= 4 is 5.71 Å². The molecule has 0 bridgehead atoms. The Morgan fingerprint density at radius 3 is 2.50 bits per heavy atom. The van der Waals surface area contributed by atoms with Crippen molar-refractivity contribution in [3.63, 3.8) is 0 Å². The van der Waals surface area contributed by atoms with E-state index in [0.717, 1.165) is 13.1 Å². The fraction of sp³-hybridized carbons (Fsp3) is 0.875. The van der Waals surface area contributed by atoms with Gasteiger partial charge in [0.2, 0.25) is 0 Å². The molecule has 0 N–H and O–H groups in total. The molecular weight excluding hydrogens is 124 g/mol. The van der Waals surface area contributed by atoms with Gasteiger partial charge in [-0.2, -0.15) is 0 Å². The Balaban J connectivity index is 3.47. The molecule has 0 heterocycles. The molecule has 0 radical (unpaired) electrons. The molecule has 0 unspecified atom stereocenters. The minimum Gasteiger partial charge on any atom is -0.301 e. The average molecular weight is 142 g/mol. The molecule has 0 aliphatic rings. The summed E-state index contributed by atoms with van der Waals surface area (Å²) in [5.41, 5.74) is 1.20. The van der Waals surface area contributed by atoms with Crippen LogP contribution in [0, 0.1) is 0 Å². The van der Waals surface area contributed by atoms with Crippen molar-refractivity contribution in [1.29, 1.82) is 0 Å². The van der Waals surface area contributed by atoms with Crippen LogP contribution in [0.2, 0.25) is 0 Å². The van der Waals surface area contributed by atoms with Crippen LogP contribution in [0.3, 0.4) is 0 Å². The van der Waals surface area contributed by atoms with Crippen LogP contribution >= 0.6 is 0 Å². The highest BCUT2D eigenvalue weighted by molar-refractivity contribution is 5.83. The van der Waals surface area contributed by atoms with Crippen molar-refractivity contribution < 1.29 is 0 Å². The molecule has 60 valence electrons. The summed E-state index contributed by atoms with van der Waals surface area (Å²) in [6.45, 7) is 6.41. The average Bonchev–Trinajstić information content (AvgIpc) is 1.88. The molecule has 0 aromatic rings. The molecule has 0 saturated heterocycles. The highest BCUT2D eigenvalue weighted by Gasteiger charge is 1.96. The van der Waals surface area contributed by atoms with E-state index in [1.807, 2.05) is 7.05 Å². The largest absolute Gasteiger partial charge is 0.301 e. The summed E-state index contributed by atoms with van der Waals surface area (Å²) < 4.78 is 0. The van der Waals surface area contributed by atoms with Gasteiger partial charge in [-0.1, -0.05) is 6.92 Å². The Morgan fingerprint density at radius 1 is 1.50 bits per heavy atom. The predicted octanol–water partition coefficient (Wildman–Crippen LogP) is 1.42. The Morgan fingerprint density at radius 2 is 2.10 bits per heavy atom. The van der Waals surface area contributed by atoms with Gasteiger partial charge in [-0.3, -0.25) is 4.99 Å². The van der Waals surface area contributed by atoms with E-state index < -0.39 is 0 Å². The number of hydrogen-bond donors (Lipinski definition) is 0. The standard InChI is InChI=1S/C8H18N2/c1-5-6-10(4)7-8(2)9-3/h5-7H2,1-4H3. The second-order valence-corrected chi connectivity index (χ2v) is 2.70. The Kier molecular flexibility index (Phi) is 5.22. The van der Waals surface area contributed by atoms with Gasteiger partial charge in [0.05, 0.1) is 0 Å². The topological polar surface area (TPSA) is 15.6 Å². The van der Waals surface area contributed by atoms with E-state index in [4.69, 9.17) is 0 Å². The first-order valence-electron chi connectivity index (χ1n) is 3.81. The van der Waals surface area contributed by atoms with Crippen molar-refractivity contribution in [3.05, 3.63) is 0 Å². The fourth-order valence-electron chi connectivity index (χ4n) is 0.922. The quantitative estimate of drug-likeness (QED) is 0.542. The van der Waals surface area contributed by atoms with E-state index in [2.05, 4.69) is 30.8 Å². The number of nitrogens with zero attached hydrogens (tertiary/aromatic N) is 2. The first-order chi connectivity index (χ1) is 4.70. The molecule has 0 amide bonds. The molecule has 0 aromatic carbocycles. The van der Waals surface area contributed by atoms with Crippen LogP contribution in [0.4, 0.5) is 0 Å². The van der Waals surface area contributed by atoms with Gasteiger partial charge in [0.1, 0.15) is 0 Å². The second kappa shape index (κ2) is 5.42. The highest BCUT2D eigenvalue weighted by Crippen LogP contribution is 1.87. The Bertz CT molecular complexity index is 108. The van der Waals surface area contributed by atoms with Crippen molar-refractivity contribution in [1.82, 2.24) is 4.90 Å². The lowest BCUT2D eigenvalue weighted by molar-refractivity contribution is 0.380. The lowest BCUT2D eigenvalue weighted by Gasteiger charge is -2.14. The molecule has 0 rings (SSSR count). The smallest absolute Gasteiger partial charge is 0.0357 e. The Labute approximate surface area is 63.9 Å². The summed E-state index contributed by atoms with van der Waals surface area (Å²) in [4.78, 5) is 6.37. The minimum atomic E-state index is 1.00. The zero-order chi connectivity index (χ0) is 7.98. The summed E-state index contributed by atoms with van der Waals surface area (Å²) >= 11 is 0. The third-order valence-electron chi connectivity index (χ3n) is 1.49. The monoisotopic (exact) mass is 142 g/mol. The summed E-state index contributed by atoms with van der Waals surface area (Å²) in [6, 6.07) is 0. The second-order valence-electron chi connectivity index (χ2n) is 2.70. The van der Waals surface area contributed by atoms with Crippen LogP contribution in [0.5, 0.6) is 0 Å². The van der Waals surface area contributed by atoms with Crippen LogP contribution in [0.25, 0.3) is 0 Å². The number of rotatable bonds is 4. The van der Waals surface area contributed by atoms with Gasteiger partial charge in [-0.15, -0.1) is 0 Å². The molecule has 2 nitrogen and oxygen atoms in total. The maximum atomic E-state index is 4.09. The van der Waals surface area contributed by atoms with E-state index >= 15 is 0 Å². The zero-order valence-electron chi connectivity index (χ0n) is 7.52. The van der Waals surface area contributed by atoms with Crippen molar-refractivity contribution in [3.8, 4) is 0 Å². The van der Waals surface area contributed by atoms with E-state index in [9.17, 15) is 0 Å². The first-order valence-corrected chi connectivity index (χ1v) is 3.81. The highest BCUT2D eigenvalue weighted by atomic mass is 15.1. The summed E-state index contributed by atoms with van der Waals surface area (Å²) in [6.07, 6.45) is 1.22. The fourth-order valence-corrected chi connectivity index (χ4v) is 0.922. The SMILES string of the molecule is CCCN(C)CC(C)=NC. The van der Waals surface area contributed by atoms with Crippen LogP contribution in [-0.2, 0) is 0 Å². The minimum absolute atomic E-state index is 1.00. The molecule has 0 atom stereocenters. The molecular formula is C8H18N2. The molecule has 0 fully saturated rings. The maximum Gasteiger partial charge on any atom is 0.0357 e. The number of aliphatic imine (C=N–C) groups is 1.